The zero-order valence-corrected chi connectivity index (χ0v) is 14.4. The van der Waals surface area contributed by atoms with Crippen molar-refractivity contribution < 1.29 is 5.11 Å². The van der Waals surface area contributed by atoms with Crippen LogP contribution in [0, 0.1) is 11.8 Å². The largest absolute Gasteiger partial charge is 0.393 e. The van der Waals surface area contributed by atoms with E-state index in [0.29, 0.717) is 17.9 Å². The van der Waals surface area contributed by atoms with Gasteiger partial charge in [0.15, 0.2) is 0 Å². The number of aliphatic hydroxyl groups excluding tert-OH is 1. The number of likely N-dealkylation sites (tertiary alicyclic amines) is 1. The van der Waals surface area contributed by atoms with E-state index < -0.39 is 0 Å². The van der Waals surface area contributed by atoms with Gasteiger partial charge in [0.05, 0.1) is 6.10 Å². The second-order valence-corrected chi connectivity index (χ2v) is 7.78. The monoisotopic (exact) mass is 296 g/mol. The van der Waals surface area contributed by atoms with Gasteiger partial charge < -0.3 is 15.3 Å². The van der Waals surface area contributed by atoms with Crippen molar-refractivity contribution in [2.24, 2.45) is 11.8 Å². The summed E-state index contributed by atoms with van der Waals surface area (Å²) in [4.78, 5) is 2.58. The summed E-state index contributed by atoms with van der Waals surface area (Å²) in [5, 5.41) is 14.2. The molecular weight excluding hydrogens is 260 g/mol. The number of nitrogens with one attached hydrogen (secondary N) is 1. The van der Waals surface area contributed by atoms with Crippen molar-refractivity contribution in [2.75, 3.05) is 19.6 Å². The lowest BCUT2D eigenvalue weighted by Gasteiger charge is -2.42. The van der Waals surface area contributed by atoms with Gasteiger partial charge in [-0.25, -0.2) is 0 Å². The van der Waals surface area contributed by atoms with E-state index in [4.69, 9.17) is 0 Å². The molecule has 1 aliphatic carbocycles. The summed E-state index contributed by atoms with van der Waals surface area (Å²) < 4.78 is 0. The third-order valence-corrected chi connectivity index (χ3v) is 5.22. The molecule has 0 aromatic rings. The van der Waals surface area contributed by atoms with Gasteiger partial charge in [0, 0.05) is 31.7 Å². The summed E-state index contributed by atoms with van der Waals surface area (Å²) in [6, 6.07) is 1.30. The van der Waals surface area contributed by atoms with Crippen molar-refractivity contribution in [3.05, 3.63) is 0 Å². The third kappa shape index (κ3) is 5.54. The van der Waals surface area contributed by atoms with Gasteiger partial charge in [-0.2, -0.15) is 0 Å². The molecule has 2 N–H and O–H groups in total. The molecule has 0 aromatic carbocycles. The molecule has 1 heterocycles. The highest BCUT2D eigenvalue weighted by Crippen LogP contribution is 2.25. The maximum Gasteiger partial charge on any atom is 0.0578 e. The molecule has 1 aliphatic heterocycles. The Morgan fingerprint density at radius 3 is 2.43 bits per heavy atom. The molecule has 0 bridgehead atoms. The lowest BCUT2D eigenvalue weighted by molar-refractivity contribution is 0.0288. The summed E-state index contributed by atoms with van der Waals surface area (Å²) >= 11 is 0. The van der Waals surface area contributed by atoms with Gasteiger partial charge in [0.2, 0.25) is 0 Å². The predicted octanol–water partition coefficient (Wildman–Crippen LogP) is 3.03. The molecule has 2 aliphatic rings. The molecule has 0 radical (unpaired) electrons. The fourth-order valence-electron chi connectivity index (χ4n) is 4.23. The van der Waals surface area contributed by atoms with E-state index in [1.807, 2.05) is 0 Å². The van der Waals surface area contributed by atoms with Crippen LogP contribution in [-0.2, 0) is 0 Å². The molecule has 3 nitrogen and oxygen atoms in total. The minimum absolute atomic E-state index is 0.129. The van der Waals surface area contributed by atoms with Crippen LogP contribution in [0.3, 0.4) is 0 Å². The first kappa shape index (κ1) is 17.2. The highest BCUT2D eigenvalue weighted by molar-refractivity contribution is 4.89. The average Bonchev–Trinajstić information content (AvgIpc) is 2.46. The standard InChI is InChI=1S/C18H36N2O/c1-4-18(21)15-10-17(13-20(12-15)11-14(2)3)19-16-8-6-5-7-9-16/h14-19,21H,4-13H2,1-3H3. The van der Waals surface area contributed by atoms with Crippen LogP contribution in [0.15, 0.2) is 0 Å². The molecule has 3 atom stereocenters. The smallest absolute Gasteiger partial charge is 0.0578 e. The lowest BCUT2D eigenvalue weighted by atomic mass is 9.86. The van der Waals surface area contributed by atoms with Gasteiger partial charge in [-0.15, -0.1) is 0 Å². The second-order valence-electron chi connectivity index (χ2n) is 7.78. The van der Waals surface area contributed by atoms with Crippen LogP contribution in [0.25, 0.3) is 0 Å². The predicted molar refractivity (Wildman–Crippen MR) is 89.5 cm³/mol. The van der Waals surface area contributed by atoms with E-state index >= 15 is 0 Å². The SMILES string of the molecule is CCC(O)C1CC(NC2CCCCC2)CN(CC(C)C)C1. The maximum atomic E-state index is 10.3. The van der Waals surface area contributed by atoms with Crippen LogP contribution in [0.5, 0.6) is 0 Å². The van der Waals surface area contributed by atoms with Gasteiger partial charge in [-0.3, -0.25) is 0 Å². The Balaban J connectivity index is 1.91. The van der Waals surface area contributed by atoms with Crippen LogP contribution in [0.4, 0.5) is 0 Å². The van der Waals surface area contributed by atoms with Crippen molar-refractivity contribution in [2.45, 2.75) is 83.9 Å². The molecule has 0 aromatic heterocycles. The van der Waals surface area contributed by atoms with Crippen molar-refractivity contribution in [3.63, 3.8) is 0 Å². The van der Waals surface area contributed by atoms with Gasteiger partial charge in [0.1, 0.15) is 0 Å². The minimum atomic E-state index is -0.129. The van der Waals surface area contributed by atoms with Crippen LogP contribution >= 0.6 is 0 Å². The van der Waals surface area contributed by atoms with Crippen molar-refractivity contribution in [1.29, 1.82) is 0 Å². The molecule has 3 unspecified atom stereocenters. The van der Waals surface area contributed by atoms with Crippen LogP contribution in [-0.4, -0.2) is 47.8 Å². The topological polar surface area (TPSA) is 35.5 Å². The highest BCUT2D eigenvalue weighted by atomic mass is 16.3. The first-order valence-corrected chi connectivity index (χ1v) is 9.25. The Labute approximate surface area is 131 Å². The molecule has 2 rings (SSSR count). The summed E-state index contributed by atoms with van der Waals surface area (Å²) in [6.07, 6.45) is 8.80. The molecule has 1 saturated carbocycles. The second kappa shape index (κ2) is 8.50. The van der Waals surface area contributed by atoms with Gasteiger partial charge in [-0.1, -0.05) is 40.0 Å². The summed E-state index contributed by atoms with van der Waals surface area (Å²) in [5.41, 5.74) is 0. The van der Waals surface area contributed by atoms with E-state index in [-0.39, 0.29) is 6.10 Å². The van der Waals surface area contributed by atoms with Gasteiger partial charge in [-0.05, 0) is 37.5 Å². The van der Waals surface area contributed by atoms with E-state index in [0.717, 1.165) is 32.0 Å². The molecule has 0 amide bonds. The minimum Gasteiger partial charge on any atom is -0.393 e. The summed E-state index contributed by atoms with van der Waals surface area (Å²) in [7, 11) is 0. The van der Waals surface area contributed by atoms with E-state index in [1.54, 1.807) is 0 Å². The third-order valence-electron chi connectivity index (χ3n) is 5.22. The van der Waals surface area contributed by atoms with E-state index in [2.05, 4.69) is 31.0 Å². The molecule has 21 heavy (non-hydrogen) atoms. The van der Waals surface area contributed by atoms with Crippen LogP contribution < -0.4 is 5.32 Å². The zero-order valence-electron chi connectivity index (χ0n) is 14.4. The Morgan fingerprint density at radius 2 is 1.81 bits per heavy atom. The molecule has 1 saturated heterocycles. The molecule has 124 valence electrons. The zero-order chi connectivity index (χ0) is 15.2. The fourth-order valence-corrected chi connectivity index (χ4v) is 4.23. The Kier molecular flexibility index (Phi) is 6.97. The number of rotatable bonds is 6. The Bertz CT molecular complexity index is 287. The van der Waals surface area contributed by atoms with E-state index in [9.17, 15) is 5.11 Å². The molecule has 0 spiro atoms. The Morgan fingerprint density at radius 1 is 1.10 bits per heavy atom. The lowest BCUT2D eigenvalue weighted by Crippen LogP contribution is -2.54. The molecule has 2 fully saturated rings. The fraction of sp³-hybridized carbons (Fsp3) is 1.00. The normalized spacial score (nSPS) is 30.7. The van der Waals surface area contributed by atoms with Crippen LogP contribution in [0.1, 0.15) is 65.7 Å². The first-order valence-electron chi connectivity index (χ1n) is 9.25. The number of nitrogens with zero attached hydrogens (tertiary/aromatic N) is 1. The highest BCUT2D eigenvalue weighted by Gasteiger charge is 2.32. The van der Waals surface area contributed by atoms with Crippen molar-refractivity contribution in [3.8, 4) is 0 Å². The average molecular weight is 296 g/mol. The first-order chi connectivity index (χ1) is 10.1. The number of hydrogen-bond donors (Lipinski definition) is 2. The van der Waals surface area contributed by atoms with Gasteiger partial charge >= 0.3 is 0 Å². The number of aliphatic hydroxyl groups is 1. The van der Waals surface area contributed by atoms with Crippen molar-refractivity contribution in [1.82, 2.24) is 10.2 Å². The van der Waals surface area contributed by atoms with Gasteiger partial charge in [0.25, 0.3) is 0 Å². The number of piperidine rings is 1. The maximum absolute atomic E-state index is 10.3. The van der Waals surface area contributed by atoms with Crippen LogP contribution in [0.2, 0.25) is 0 Å². The van der Waals surface area contributed by atoms with E-state index in [1.165, 1.54) is 38.6 Å². The van der Waals surface area contributed by atoms with Crippen molar-refractivity contribution >= 4 is 0 Å². The summed E-state index contributed by atoms with van der Waals surface area (Å²) in [5.74, 6) is 1.15. The Hall–Kier alpha value is -0.120. The summed E-state index contributed by atoms with van der Waals surface area (Å²) in [6.45, 7) is 10.1. The quantitative estimate of drug-likeness (QED) is 0.791. The molecular formula is C18H36N2O. The molecule has 3 heteroatoms. The number of hydrogen-bond acceptors (Lipinski definition) is 3.